The van der Waals surface area contributed by atoms with Crippen molar-refractivity contribution in [1.29, 1.82) is 5.26 Å². The lowest BCUT2D eigenvalue weighted by Crippen LogP contribution is -2.26. The number of amides is 1. The Balaban J connectivity index is 2.48. The lowest BCUT2D eigenvalue weighted by molar-refractivity contribution is -0.117. The third kappa shape index (κ3) is 1.75. The second-order valence-corrected chi connectivity index (χ2v) is 4.02. The quantitative estimate of drug-likeness (QED) is 0.800. The number of hydrogen-bond donors (Lipinski definition) is 1. The van der Waals surface area contributed by atoms with E-state index in [1.54, 1.807) is 18.2 Å². The molecule has 2 rings (SSSR count). The number of nitrogens with zero attached hydrogens (tertiary/aromatic N) is 2. The summed E-state index contributed by atoms with van der Waals surface area (Å²) in [5.41, 5.74) is 0.739. The number of para-hydroxylation sites is 1. The number of β-amino-alcohol motifs (C(OH)–C–C–N with tert-alkyl or cyclic N) is 1. The Morgan fingerprint density at radius 3 is 2.88 bits per heavy atom. The number of carbonyl (C=O) groups excluding carboxylic acids is 1. The van der Waals surface area contributed by atoms with Crippen LogP contribution in [0.1, 0.15) is 12.0 Å². The average Bonchev–Trinajstić information content (AvgIpc) is 2.57. The number of aliphatic hydroxyl groups excluding tert-OH is 1. The van der Waals surface area contributed by atoms with Crippen molar-refractivity contribution < 1.29 is 9.90 Å². The van der Waals surface area contributed by atoms with Crippen LogP contribution >= 0.6 is 11.6 Å². The molecular weight excluding hydrogens is 228 g/mol. The molecule has 1 aliphatic heterocycles. The molecule has 0 aliphatic carbocycles. The number of nitriles is 1. The van der Waals surface area contributed by atoms with Gasteiger partial charge in [-0.3, -0.25) is 4.79 Å². The lowest BCUT2D eigenvalue weighted by Gasteiger charge is -2.18. The van der Waals surface area contributed by atoms with E-state index in [1.807, 2.05) is 6.07 Å². The summed E-state index contributed by atoms with van der Waals surface area (Å²) in [6.45, 7) is 0.192. The summed E-state index contributed by atoms with van der Waals surface area (Å²) in [4.78, 5) is 13.0. The van der Waals surface area contributed by atoms with Crippen LogP contribution in [0.25, 0.3) is 0 Å². The van der Waals surface area contributed by atoms with Crippen molar-refractivity contribution in [3.8, 4) is 6.07 Å². The molecule has 1 heterocycles. The van der Waals surface area contributed by atoms with Gasteiger partial charge in [-0.25, -0.2) is 0 Å². The maximum absolute atomic E-state index is 11.6. The van der Waals surface area contributed by atoms with Crippen molar-refractivity contribution in [2.24, 2.45) is 0 Å². The van der Waals surface area contributed by atoms with Crippen LogP contribution in [0, 0.1) is 11.3 Å². The number of halogens is 1. The van der Waals surface area contributed by atoms with Crippen LogP contribution in [0.15, 0.2) is 18.2 Å². The summed E-state index contributed by atoms with van der Waals surface area (Å²) >= 11 is 5.97. The molecule has 1 aliphatic rings. The van der Waals surface area contributed by atoms with Gasteiger partial charge in [-0.05, 0) is 12.1 Å². The Bertz CT molecular complexity index is 481. The van der Waals surface area contributed by atoms with Gasteiger partial charge in [-0.15, -0.1) is 0 Å². The van der Waals surface area contributed by atoms with Gasteiger partial charge < -0.3 is 10.0 Å². The van der Waals surface area contributed by atoms with E-state index in [2.05, 4.69) is 0 Å². The van der Waals surface area contributed by atoms with Crippen LogP contribution in [0.3, 0.4) is 0 Å². The zero-order valence-electron chi connectivity index (χ0n) is 8.35. The molecule has 0 aromatic heterocycles. The Labute approximate surface area is 97.7 Å². The molecule has 1 aromatic carbocycles. The Hall–Kier alpha value is -1.57. The molecule has 1 N–H and O–H groups in total. The second-order valence-electron chi connectivity index (χ2n) is 3.61. The summed E-state index contributed by atoms with van der Waals surface area (Å²) in [5.74, 6) is -0.211. The van der Waals surface area contributed by atoms with Gasteiger partial charge in [0.2, 0.25) is 5.91 Å². The van der Waals surface area contributed by atoms with Crippen LogP contribution in [0.2, 0.25) is 5.02 Å². The van der Waals surface area contributed by atoms with Gasteiger partial charge in [-0.2, -0.15) is 5.26 Å². The zero-order chi connectivity index (χ0) is 11.7. The predicted molar refractivity (Wildman–Crippen MR) is 59.1 cm³/mol. The fourth-order valence-corrected chi connectivity index (χ4v) is 2.06. The normalized spacial score (nSPS) is 19.9. The van der Waals surface area contributed by atoms with Crippen molar-refractivity contribution in [1.82, 2.24) is 0 Å². The third-order valence-electron chi connectivity index (χ3n) is 2.48. The molecule has 0 saturated carbocycles. The molecule has 5 heteroatoms. The lowest BCUT2D eigenvalue weighted by atomic mass is 10.2. The van der Waals surface area contributed by atoms with E-state index in [-0.39, 0.29) is 18.9 Å². The summed E-state index contributed by atoms with van der Waals surface area (Å²) < 4.78 is 0. The Morgan fingerprint density at radius 1 is 1.56 bits per heavy atom. The predicted octanol–water partition coefficient (Wildman–Crippen LogP) is 1.31. The van der Waals surface area contributed by atoms with Gasteiger partial charge >= 0.3 is 0 Å². The first kappa shape index (κ1) is 10.9. The number of anilines is 1. The highest BCUT2D eigenvalue weighted by molar-refractivity contribution is 6.34. The van der Waals surface area contributed by atoms with Crippen molar-refractivity contribution in [3.05, 3.63) is 28.8 Å². The maximum Gasteiger partial charge on any atom is 0.229 e. The molecule has 82 valence electrons. The minimum absolute atomic E-state index is 0.0795. The summed E-state index contributed by atoms with van der Waals surface area (Å²) in [6.07, 6.45) is -0.605. The van der Waals surface area contributed by atoms with Gasteiger partial charge in [0.15, 0.2) is 0 Å². The number of rotatable bonds is 1. The molecule has 1 fully saturated rings. The second kappa shape index (κ2) is 4.12. The molecule has 1 aromatic rings. The third-order valence-corrected chi connectivity index (χ3v) is 2.79. The summed E-state index contributed by atoms with van der Waals surface area (Å²) in [5, 5.41) is 18.7. The van der Waals surface area contributed by atoms with E-state index in [9.17, 15) is 9.90 Å². The monoisotopic (exact) mass is 236 g/mol. The summed E-state index contributed by atoms with van der Waals surface area (Å²) in [6, 6.07) is 6.86. The van der Waals surface area contributed by atoms with E-state index >= 15 is 0 Å². The van der Waals surface area contributed by atoms with Crippen molar-refractivity contribution >= 4 is 23.2 Å². The van der Waals surface area contributed by atoms with Crippen molar-refractivity contribution in [2.75, 3.05) is 11.4 Å². The van der Waals surface area contributed by atoms with Crippen LogP contribution in [0.4, 0.5) is 5.69 Å². The van der Waals surface area contributed by atoms with Crippen LogP contribution < -0.4 is 4.90 Å². The SMILES string of the molecule is N#Cc1cccc(Cl)c1N1CC(O)CC1=O. The molecule has 0 bridgehead atoms. The molecule has 4 nitrogen and oxygen atoms in total. The molecule has 16 heavy (non-hydrogen) atoms. The largest absolute Gasteiger partial charge is 0.391 e. The number of hydrogen-bond acceptors (Lipinski definition) is 3. The molecule has 0 radical (unpaired) electrons. The Morgan fingerprint density at radius 2 is 2.31 bits per heavy atom. The number of benzene rings is 1. The standard InChI is InChI=1S/C11H9ClN2O2/c12-9-3-1-2-7(5-13)11(9)14-6-8(15)4-10(14)16/h1-3,8,15H,4,6H2. The fourth-order valence-electron chi connectivity index (χ4n) is 1.78. The minimum atomic E-state index is -0.685. The highest BCUT2D eigenvalue weighted by Gasteiger charge is 2.31. The van der Waals surface area contributed by atoms with Gasteiger partial charge in [0, 0.05) is 0 Å². The average molecular weight is 237 g/mol. The van der Waals surface area contributed by atoms with Crippen molar-refractivity contribution in [3.63, 3.8) is 0 Å². The molecular formula is C11H9ClN2O2. The van der Waals surface area contributed by atoms with Crippen LogP contribution in [0.5, 0.6) is 0 Å². The molecule has 1 saturated heterocycles. The van der Waals surface area contributed by atoms with Crippen molar-refractivity contribution in [2.45, 2.75) is 12.5 Å². The highest BCUT2D eigenvalue weighted by Crippen LogP contribution is 2.32. The molecule has 1 atom stereocenters. The topological polar surface area (TPSA) is 64.3 Å². The highest BCUT2D eigenvalue weighted by atomic mass is 35.5. The molecule has 0 spiro atoms. The van der Waals surface area contributed by atoms with Crippen LogP contribution in [-0.4, -0.2) is 23.7 Å². The van der Waals surface area contributed by atoms with E-state index in [4.69, 9.17) is 16.9 Å². The minimum Gasteiger partial charge on any atom is -0.391 e. The smallest absolute Gasteiger partial charge is 0.229 e. The van der Waals surface area contributed by atoms with Gasteiger partial charge in [0.1, 0.15) is 6.07 Å². The first-order valence-corrected chi connectivity index (χ1v) is 5.18. The van der Waals surface area contributed by atoms with E-state index in [0.717, 1.165) is 0 Å². The summed E-state index contributed by atoms with van der Waals surface area (Å²) in [7, 11) is 0. The number of carbonyl (C=O) groups is 1. The molecule has 1 amide bonds. The maximum atomic E-state index is 11.6. The first-order chi connectivity index (χ1) is 7.63. The van der Waals surface area contributed by atoms with E-state index in [0.29, 0.717) is 16.3 Å². The van der Waals surface area contributed by atoms with E-state index < -0.39 is 6.10 Å². The van der Waals surface area contributed by atoms with Gasteiger partial charge in [0.25, 0.3) is 0 Å². The van der Waals surface area contributed by atoms with Gasteiger partial charge in [-0.1, -0.05) is 17.7 Å². The van der Waals surface area contributed by atoms with Gasteiger partial charge in [0.05, 0.1) is 35.3 Å². The van der Waals surface area contributed by atoms with E-state index in [1.165, 1.54) is 4.90 Å². The number of aliphatic hydroxyl groups is 1. The fraction of sp³-hybridized carbons (Fsp3) is 0.273. The van der Waals surface area contributed by atoms with Crippen LogP contribution in [-0.2, 0) is 4.79 Å². The zero-order valence-corrected chi connectivity index (χ0v) is 9.11. The Kier molecular flexibility index (Phi) is 2.82. The molecule has 1 unspecified atom stereocenters. The first-order valence-electron chi connectivity index (χ1n) is 4.80.